The molecule has 0 radical (unpaired) electrons. The Labute approximate surface area is 125 Å². The van der Waals surface area contributed by atoms with E-state index in [1.165, 1.54) is 20.3 Å². The van der Waals surface area contributed by atoms with Gasteiger partial charge in [-0.2, -0.15) is 0 Å². The summed E-state index contributed by atoms with van der Waals surface area (Å²) in [6.45, 7) is 4.80. The van der Waals surface area contributed by atoms with E-state index in [1.807, 2.05) is 0 Å². The molecule has 1 heterocycles. The van der Waals surface area contributed by atoms with Crippen LogP contribution in [0.4, 0.5) is 4.39 Å². The van der Waals surface area contributed by atoms with Crippen LogP contribution in [0.15, 0.2) is 6.07 Å². The number of hydrogen-bond acceptors (Lipinski definition) is 5. The van der Waals surface area contributed by atoms with Gasteiger partial charge in [-0.1, -0.05) is 0 Å². The van der Waals surface area contributed by atoms with Gasteiger partial charge in [0.15, 0.2) is 23.1 Å². The van der Waals surface area contributed by atoms with E-state index >= 15 is 0 Å². The molecule has 1 saturated heterocycles. The minimum atomic E-state index is -0.425. The Morgan fingerprint density at radius 1 is 1.10 bits per heavy atom. The molecule has 0 aliphatic carbocycles. The summed E-state index contributed by atoms with van der Waals surface area (Å²) in [6, 6.07) is 1.30. The van der Waals surface area contributed by atoms with Crippen molar-refractivity contribution in [2.45, 2.75) is 6.42 Å². The number of halogens is 1. The molecule has 118 valence electrons. The monoisotopic (exact) mass is 298 g/mol. The Bertz CT molecular complexity index is 476. The van der Waals surface area contributed by atoms with Gasteiger partial charge < -0.3 is 24.4 Å². The third kappa shape index (κ3) is 3.57. The van der Waals surface area contributed by atoms with Crippen LogP contribution in [0.1, 0.15) is 5.56 Å². The van der Waals surface area contributed by atoms with E-state index in [1.54, 1.807) is 7.11 Å². The fourth-order valence-electron chi connectivity index (χ4n) is 2.67. The predicted molar refractivity (Wildman–Crippen MR) is 79.1 cm³/mol. The van der Waals surface area contributed by atoms with E-state index in [0.717, 1.165) is 38.3 Å². The molecule has 0 spiro atoms. The van der Waals surface area contributed by atoms with Crippen molar-refractivity contribution in [3.05, 3.63) is 17.4 Å². The standard InChI is InChI=1S/C15H23FN2O3/c1-19-13-10-12(16)14(20-2)11(15(13)21-3)4-7-18-8-5-17-6-9-18/h10,17H,4-9H2,1-3H3. The zero-order chi connectivity index (χ0) is 15.2. The summed E-state index contributed by atoms with van der Waals surface area (Å²) >= 11 is 0. The van der Waals surface area contributed by atoms with Crippen molar-refractivity contribution in [2.75, 3.05) is 54.1 Å². The summed E-state index contributed by atoms with van der Waals surface area (Å²) in [5, 5.41) is 3.31. The van der Waals surface area contributed by atoms with E-state index in [-0.39, 0.29) is 5.75 Å². The molecule has 0 amide bonds. The highest BCUT2D eigenvalue weighted by Crippen LogP contribution is 2.39. The lowest BCUT2D eigenvalue weighted by Gasteiger charge is -2.27. The van der Waals surface area contributed by atoms with Crippen molar-refractivity contribution in [1.82, 2.24) is 10.2 Å². The van der Waals surface area contributed by atoms with Gasteiger partial charge in [0.25, 0.3) is 0 Å². The van der Waals surface area contributed by atoms with Gasteiger partial charge in [0.2, 0.25) is 0 Å². The predicted octanol–water partition coefficient (Wildman–Crippen LogP) is 1.30. The molecule has 6 heteroatoms. The summed E-state index contributed by atoms with van der Waals surface area (Å²) in [7, 11) is 4.53. The molecule has 1 fully saturated rings. The van der Waals surface area contributed by atoms with E-state index in [2.05, 4.69) is 10.2 Å². The number of hydrogen-bond donors (Lipinski definition) is 1. The van der Waals surface area contributed by atoms with Crippen LogP contribution in [-0.4, -0.2) is 59.0 Å². The largest absolute Gasteiger partial charge is 0.493 e. The van der Waals surface area contributed by atoms with Gasteiger partial charge in [-0.15, -0.1) is 0 Å². The first kappa shape index (κ1) is 15.9. The maximum Gasteiger partial charge on any atom is 0.169 e. The van der Waals surface area contributed by atoms with Crippen LogP contribution in [-0.2, 0) is 6.42 Å². The maximum absolute atomic E-state index is 14.1. The lowest BCUT2D eigenvalue weighted by Crippen LogP contribution is -2.44. The number of methoxy groups -OCH3 is 3. The molecule has 1 aliphatic heterocycles. The van der Waals surface area contributed by atoms with Crippen LogP contribution in [0.2, 0.25) is 0 Å². The van der Waals surface area contributed by atoms with Crippen molar-refractivity contribution < 1.29 is 18.6 Å². The van der Waals surface area contributed by atoms with Crippen LogP contribution in [0.25, 0.3) is 0 Å². The van der Waals surface area contributed by atoms with Gasteiger partial charge in [0.05, 0.1) is 21.3 Å². The average Bonchev–Trinajstić information content (AvgIpc) is 2.53. The Kier molecular flexibility index (Phi) is 5.64. The van der Waals surface area contributed by atoms with Crippen molar-refractivity contribution in [2.24, 2.45) is 0 Å². The first-order chi connectivity index (χ1) is 10.2. The van der Waals surface area contributed by atoms with Crippen LogP contribution in [0.3, 0.4) is 0 Å². The van der Waals surface area contributed by atoms with Crippen molar-refractivity contribution in [1.29, 1.82) is 0 Å². The second kappa shape index (κ2) is 7.47. The number of nitrogens with zero attached hydrogens (tertiary/aromatic N) is 1. The normalized spacial score (nSPS) is 15.8. The highest BCUT2D eigenvalue weighted by Gasteiger charge is 2.21. The van der Waals surface area contributed by atoms with Gasteiger partial charge in [-0.3, -0.25) is 0 Å². The van der Waals surface area contributed by atoms with Crippen LogP contribution < -0.4 is 19.5 Å². The average molecular weight is 298 g/mol. The molecular formula is C15H23FN2O3. The SMILES string of the molecule is COc1cc(F)c(OC)c(CCN2CCNCC2)c1OC. The summed E-state index contributed by atoms with van der Waals surface area (Å²) < 4.78 is 29.9. The molecule has 0 bridgehead atoms. The molecule has 5 nitrogen and oxygen atoms in total. The third-order valence-electron chi connectivity index (χ3n) is 3.76. The molecule has 21 heavy (non-hydrogen) atoms. The molecule has 1 N–H and O–H groups in total. The third-order valence-corrected chi connectivity index (χ3v) is 3.76. The highest BCUT2D eigenvalue weighted by atomic mass is 19.1. The zero-order valence-electron chi connectivity index (χ0n) is 12.9. The quantitative estimate of drug-likeness (QED) is 0.857. The van der Waals surface area contributed by atoms with E-state index < -0.39 is 5.82 Å². The Hall–Kier alpha value is -1.53. The number of ether oxygens (including phenoxy) is 3. The number of piperazine rings is 1. The Balaban J connectivity index is 2.23. The minimum Gasteiger partial charge on any atom is -0.493 e. The molecular weight excluding hydrogens is 275 g/mol. The highest BCUT2D eigenvalue weighted by molar-refractivity contribution is 5.55. The Morgan fingerprint density at radius 3 is 2.33 bits per heavy atom. The molecule has 1 aromatic carbocycles. The first-order valence-corrected chi connectivity index (χ1v) is 7.11. The second-order valence-electron chi connectivity index (χ2n) is 4.95. The molecule has 1 aromatic rings. The molecule has 0 aromatic heterocycles. The lowest BCUT2D eigenvalue weighted by molar-refractivity contribution is 0.241. The van der Waals surface area contributed by atoms with Gasteiger partial charge in [0.1, 0.15) is 0 Å². The van der Waals surface area contributed by atoms with Crippen molar-refractivity contribution >= 4 is 0 Å². The lowest BCUT2D eigenvalue weighted by atomic mass is 10.1. The van der Waals surface area contributed by atoms with Gasteiger partial charge >= 0.3 is 0 Å². The molecule has 2 rings (SSSR count). The van der Waals surface area contributed by atoms with E-state index in [4.69, 9.17) is 14.2 Å². The molecule has 1 aliphatic rings. The van der Waals surface area contributed by atoms with Crippen LogP contribution in [0, 0.1) is 5.82 Å². The van der Waals surface area contributed by atoms with Gasteiger partial charge in [0, 0.05) is 44.4 Å². The Morgan fingerprint density at radius 2 is 1.76 bits per heavy atom. The van der Waals surface area contributed by atoms with Crippen LogP contribution in [0.5, 0.6) is 17.2 Å². The fourth-order valence-corrected chi connectivity index (χ4v) is 2.67. The maximum atomic E-state index is 14.1. The fraction of sp³-hybridized carbons (Fsp3) is 0.600. The summed E-state index contributed by atoms with van der Waals surface area (Å²) in [6.07, 6.45) is 0.653. The van der Waals surface area contributed by atoms with Crippen LogP contribution >= 0.6 is 0 Å². The summed E-state index contributed by atoms with van der Waals surface area (Å²) in [5.74, 6) is 0.755. The van der Waals surface area contributed by atoms with Gasteiger partial charge in [-0.05, 0) is 6.42 Å². The summed E-state index contributed by atoms with van der Waals surface area (Å²) in [4.78, 5) is 2.34. The molecule has 0 atom stereocenters. The number of benzene rings is 1. The van der Waals surface area contributed by atoms with E-state index in [0.29, 0.717) is 17.9 Å². The minimum absolute atomic E-state index is 0.239. The van der Waals surface area contributed by atoms with Crippen molar-refractivity contribution in [3.63, 3.8) is 0 Å². The second-order valence-corrected chi connectivity index (χ2v) is 4.95. The van der Waals surface area contributed by atoms with Crippen molar-refractivity contribution in [3.8, 4) is 17.2 Å². The first-order valence-electron chi connectivity index (χ1n) is 7.11. The summed E-state index contributed by atoms with van der Waals surface area (Å²) in [5.41, 5.74) is 0.718. The number of nitrogens with one attached hydrogen (secondary N) is 1. The topological polar surface area (TPSA) is 43.0 Å². The smallest absolute Gasteiger partial charge is 0.169 e. The number of rotatable bonds is 6. The van der Waals surface area contributed by atoms with E-state index in [9.17, 15) is 4.39 Å². The van der Waals surface area contributed by atoms with Gasteiger partial charge in [-0.25, -0.2) is 4.39 Å². The molecule has 0 saturated carbocycles. The molecule has 0 unspecified atom stereocenters. The zero-order valence-corrected chi connectivity index (χ0v) is 12.9.